The van der Waals surface area contributed by atoms with Crippen LogP contribution in [0.1, 0.15) is 24.2 Å². The lowest BCUT2D eigenvalue weighted by molar-refractivity contribution is -0.136. The summed E-state index contributed by atoms with van der Waals surface area (Å²) < 4.78 is 39.0. The van der Waals surface area contributed by atoms with Crippen molar-refractivity contribution in [2.24, 2.45) is 5.18 Å². The number of hydrogen-bond acceptors (Lipinski definition) is 4. The Hall–Kier alpha value is -2.15. The van der Waals surface area contributed by atoms with Gasteiger partial charge in [-0.25, -0.2) is 0 Å². The number of anilines is 2. The third kappa shape index (κ3) is 3.73. The highest BCUT2D eigenvalue weighted by molar-refractivity contribution is 6.30. The van der Waals surface area contributed by atoms with Crippen molar-refractivity contribution >= 4 is 23.0 Å². The molecule has 1 unspecified atom stereocenters. The van der Waals surface area contributed by atoms with Crippen LogP contribution in [0.5, 0.6) is 0 Å². The Balaban J connectivity index is 2.29. The summed E-state index contributed by atoms with van der Waals surface area (Å²) in [5.74, 6) is 0. The fraction of sp³-hybridized carbons (Fsp3) is 0.214. The van der Waals surface area contributed by atoms with Gasteiger partial charge in [0.05, 0.1) is 28.8 Å². The summed E-state index contributed by atoms with van der Waals surface area (Å²) in [6.45, 7) is 1.57. The number of halogens is 4. The van der Waals surface area contributed by atoms with Gasteiger partial charge in [-0.2, -0.15) is 18.1 Å². The molecule has 0 spiro atoms. The van der Waals surface area contributed by atoms with E-state index in [-0.39, 0.29) is 10.7 Å². The number of alkyl halides is 3. The van der Waals surface area contributed by atoms with Crippen molar-refractivity contribution in [1.82, 2.24) is 4.98 Å². The summed E-state index contributed by atoms with van der Waals surface area (Å²) in [5, 5.41) is 5.47. The van der Waals surface area contributed by atoms with Crippen LogP contribution in [0.25, 0.3) is 0 Å². The van der Waals surface area contributed by atoms with Gasteiger partial charge in [0.25, 0.3) is 0 Å². The molecule has 8 heteroatoms. The zero-order chi connectivity index (χ0) is 16.3. The topological polar surface area (TPSA) is 54.4 Å². The van der Waals surface area contributed by atoms with Crippen molar-refractivity contribution in [3.05, 3.63) is 57.7 Å². The number of nitroso groups, excluding NO2 is 1. The molecule has 1 atom stereocenters. The Morgan fingerprint density at radius 3 is 2.55 bits per heavy atom. The molecule has 4 nitrogen and oxygen atoms in total. The quantitative estimate of drug-likeness (QED) is 0.772. The van der Waals surface area contributed by atoms with E-state index in [1.54, 1.807) is 6.92 Å². The number of pyridine rings is 1. The summed E-state index contributed by atoms with van der Waals surface area (Å²) in [7, 11) is 0. The minimum Gasteiger partial charge on any atom is -0.354 e. The van der Waals surface area contributed by atoms with Crippen LogP contribution in [0.3, 0.4) is 0 Å². The van der Waals surface area contributed by atoms with Crippen LogP contribution in [0.2, 0.25) is 5.02 Å². The molecule has 1 aromatic heterocycles. The molecule has 0 bridgehead atoms. The zero-order valence-corrected chi connectivity index (χ0v) is 12.1. The molecule has 0 fully saturated rings. The summed E-state index contributed by atoms with van der Waals surface area (Å²) >= 11 is 5.62. The molecule has 2 rings (SSSR count). The van der Waals surface area contributed by atoms with Crippen LogP contribution in [-0.4, -0.2) is 4.98 Å². The van der Waals surface area contributed by atoms with E-state index in [1.165, 1.54) is 30.5 Å². The molecule has 0 aliphatic rings. The maximum absolute atomic E-state index is 13.0. The number of nitrogens with zero attached hydrogens (tertiary/aromatic N) is 2. The van der Waals surface area contributed by atoms with Crippen molar-refractivity contribution in [2.45, 2.75) is 19.1 Å². The summed E-state index contributed by atoms with van der Waals surface area (Å²) in [5.41, 5.74) is -0.206. The second kappa shape index (κ2) is 6.31. The Morgan fingerprint density at radius 2 is 2.00 bits per heavy atom. The van der Waals surface area contributed by atoms with E-state index in [2.05, 4.69) is 15.5 Å². The molecule has 0 saturated heterocycles. The number of rotatable bonds is 4. The van der Waals surface area contributed by atoms with Gasteiger partial charge >= 0.3 is 6.18 Å². The average Bonchev–Trinajstić information content (AvgIpc) is 2.48. The van der Waals surface area contributed by atoms with Gasteiger partial charge < -0.3 is 5.32 Å². The molecule has 1 heterocycles. The van der Waals surface area contributed by atoms with Gasteiger partial charge in [-0.3, -0.25) is 4.98 Å². The number of hydrogen-bond donors (Lipinski definition) is 1. The number of nitrogens with one attached hydrogen (secondary N) is 1. The van der Waals surface area contributed by atoms with E-state index in [1.807, 2.05) is 0 Å². The van der Waals surface area contributed by atoms with E-state index in [9.17, 15) is 18.1 Å². The van der Waals surface area contributed by atoms with Gasteiger partial charge in [0.1, 0.15) is 6.04 Å². The monoisotopic (exact) mass is 329 g/mol. The van der Waals surface area contributed by atoms with Gasteiger partial charge in [-0.1, -0.05) is 16.8 Å². The van der Waals surface area contributed by atoms with E-state index in [0.717, 1.165) is 6.07 Å². The molecule has 0 aliphatic carbocycles. The number of benzene rings is 1. The molecule has 0 amide bonds. The molecule has 22 heavy (non-hydrogen) atoms. The molecule has 0 radical (unpaired) electrons. The van der Waals surface area contributed by atoms with Crippen molar-refractivity contribution < 1.29 is 13.2 Å². The Kier molecular flexibility index (Phi) is 4.65. The first-order valence-corrected chi connectivity index (χ1v) is 6.61. The Labute approximate surface area is 129 Å². The number of aromatic nitrogens is 1. The van der Waals surface area contributed by atoms with Crippen molar-refractivity contribution in [1.29, 1.82) is 0 Å². The highest BCUT2D eigenvalue weighted by Crippen LogP contribution is 2.37. The lowest BCUT2D eigenvalue weighted by Crippen LogP contribution is -2.09. The standard InChI is InChI=1S/C14H11ClF3N3O/c1-8(21-22)12-5-3-10(7-19-12)20-13-4-2-9(15)6-11(13)14(16,17)18/h2-8,20H,1H3. The minimum atomic E-state index is -4.53. The van der Waals surface area contributed by atoms with Gasteiger partial charge in [-0.05, 0) is 37.3 Å². The summed E-state index contributed by atoms with van der Waals surface area (Å²) in [6, 6.07) is 5.89. The van der Waals surface area contributed by atoms with Crippen LogP contribution >= 0.6 is 11.6 Å². The highest BCUT2D eigenvalue weighted by Gasteiger charge is 2.33. The first-order valence-electron chi connectivity index (χ1n) is 6.23. The second-order valence-corrected chi connectivity index (χ2v) is 5.00. The molecule has 0 aliphatic heterocycles. The fourth-order valence-electron chi connectivity index (χ4n) is 1.80. The molecule has 1 aromatic carbocycles. The third-order valence-corrected chi connectivity index (χ3v) is 3.17. The average molecular weight is 330 g/mol. The van der Waals surface area contributed by atoms with Crippen LogP contribution in [-0.2, 0) is 6.18 Å². The zero-order valence-electron chi connectivity index (χ0n) is 11.4. The minimum absolute atomic E-state index is 0.00256. The molecule has 0 saturated carbocycles. The lowest BCUT2D eigenvalue weighted by Gasteiger charge is -2.15. The van der Waals surface area contributed by atoms with Crippen LogP contribution < -0.4 is 5.32 Å². The normalized spacial score (nSPS) is 12.8. The van der Waals surface area contributed by atoms with Crippen molar-refractivity contribution in [3.8, 4) is 0 Å². The van der Waals surface area contributed by atoms with E-state index >= 15 is 0 Å². The smallest absolute Gasteiger partial charge is 0.354 e. The molecular formula is C14H11ClF3N3O. The third-order valence-electron chi connectivity index (χ3n) is 2.94. The van der Waals surface area contributed by atoms with Gasteiger partial charge in [0.2, 0.25) is 0 Å². The van der Waals surface area contributed by atoms with Gasteiger partial charge in [-0.15, -0.1) is 0 Å². The van der Waals surface area contributed by atoms with E-state index < -0.39 is 17.8 Å². The second-order valence-electron chi connectivity index (χ2n) is 4.57. The largest absolute Gasteiger partial charge is 0.418 e. The van der Waals surface area contributed by atoms with Crippen LogP contribution in [0.15, 0.2) is 41.7 Å². The molecule has 1 N–H and O–H groups in total. The van der Waals surface area contributed by atoms with Crippen molar-refractivity contribution in [2.75, 3.05) is 5.32 Å². The molecule has 2 aromatic rings. The SMILES string of the molecule is CC(N=O)c1ccc(Nc2ccc(Cl)cc2C(F)(F)F)cn1. The predicted molar refractivity (Wildman–Crippen MR) is 78.2 cm³/mol. The Morgan fingerprint density at radius 1 is 1.27 bits per heavy atom. The molecule has 116 valence electrons. The van der Waals surface area contributed by atoms with Gasteiger partial charge in [0.15, 0.2) is 0 Å². The van der Waals surface area contributed by atoms with E-state index in [0.29, 0.717) is 11.4 Å². The van der Waals surface area contributed by atoms with E-state index in [4.69, 9.17) is 11.6 Å². The predicted octanol–water partition coefficient (Wildman–Crippen LogP) is 5.32. The maximum Gasteiger partial charge on any atom is 0.418 e. The fourth-order valence-corrected chi connectivity index (χ4v) is 1.97. The first kappa shape index (κ1) is 16.2. The van der Waals surface area contributed by atoms with Gasteiger partial charge in [0, 0.05) is 5.02 Å². The van der Waals surface area contributed by atoms with Crippen molar-refractivity contribution in [3.63, 3.8) is 0 Å². The maximum atomic E-state index is 13.0. The first-order chi connectivity index (χ1) is 10.3. The van der Waals surface area contributed by atoms with Crippen LogP contribution in [0, 0.1) is 4.91 Å². The highest BCUT2D eigenvalue weighted by atomic mass is 35.5. The Bertz CT molecular complexity index is 674. The molecular weight excluding hydrogens is 319 g/mol. The summed E-state index contributed by atoms with van der Waals surface area (Å²) in [4.78, 5) is 14.4. The lowest BCUT2D eigenvalue weighted by atomic mass is 10.1. The summed E-state index contributed by atoms with van der Waals surface area (Å²) in [6.07, 6.45) is -3.19. The van der Waals surface area contributed by atoms with Crippen LogP contribution in [0.4, 0.5) is 24.5 Å².